The average Bonchev–Trinajstić information content (AvgIpc) is 2.80. The van der Waals surface area contributed by atoms with E-state index in [1.54, 1.807) is 0 Å². The van der Waals surface area contributed by atoms with Gasteiger partial charge in [-0.05, 0) is 36.8 Å². The first-order valence-corrected chi connectivity index (χ1v) is 8.05. The van der Waals surface area contributed by atoms with Crippen molar-refractivity contribution in [2.75, 3.05) is 0 Å². The highest BCUT2D eigenvalue weighted by molar-refractivity contribution is 5.95. The van der Waals surface area contributed by atoms with E-state index in [1.807, 2.05) is 6.07 Å². The first kappa shape index (κ1) is 13.8. The summed E-state index contributed by atoms with van der Waals surface area (Å²) in [5, 5.41) is 42.0. The second-order valence-corrected chi connectivity index (χ2v) is 7.49. The van der Waals surface area contributed by atoms with Crippen LogP contribution in [0.1, 0.15) is 36.8 Å². The molecular weight excluding hydrogens is 300 g/mol. The smallest absolute Gasteiger partial charge is 0.232 e. The monoisotopic (exact) mass is 318 g/mol. The quantitative estimate of drug-likeness (QED) is 0.507. The van der Waals surface area contributed by atoms with Crippen molar-refractivity contribution in [2.45, 2.75) is 55.0 Å². The lowest BCUT2D eigenvalue weighted by Crippen LogP contribution is -2.75. The van der Waals surface area contributed by atoms with Gasteiger partial charge in [-0.3, -0.25) is 4.79 Å². The molecule has 1 aliphatic heterocycles. The average molecular weight is 318 g/mol. The molecule has 2 fully saturated rings. The molecule has 0 aromatic heterocycles. The second-order valence-electron chi connectivity index (χ2n) is 7.49. The summed E-state index contributed by atoms with van der Waals surface area (Å²) in [5.74, 6) is -3.44. The number of aromatic hydroxyl groups is 1. The Balaban J connectivity index is 1.88. The number of aliphatic hydroxyl groups is 3. The highest BCUT2D eigenvalue weighted by Gasteiger charge is 2.76. The van der Waals surface area contributed by atoms with Gasteiger partial charge in [-0.25, -0.2) is 0 Å². The lowest BCUT2D eigenvalue weighted by Gasteiger charge is -2.61. The van der Waals surface area contributed by atoms with E-state index in [4.69, 9.17) is 4.74 Å². The van der Waals surface area contributed by atoms with Crippen molar-refractivity contribution in [1.29, 1.82) is 0 Å². The van der Waals surface area contributed by atoms with Gasteiger partial charge in [-0.15, -0.1) is 0 Å². The molecule has 1 heterocycles. The molecule has 4 aliphatic rings. The Hall–Kier alpha value is -1.63. The Morgan fingerprint density at radius 2 is 2.00 bits per heavy atom. The maximum Gasteiger partial charge on any atom is 0.232 e. The summed E-state index contributed by atoms with van der Waals surface area (Å²) in [7, 11) is 0. The zero-order valence-electron chi connectivity index (χ0n) is 12.5. The minimum atomic E-state index is -2.60. The van der Waals surface area contributed by atoms with Gasteiger partial charge in [0.1, 0.15) is 0 Å². The highest BCUT2D eigenvalue weighted by Crippen LogP contribution is 2.67. The van der Waals surface area contributed by atoms with Gasteiger partial charge in [-0.1, -0.05) is 12.5 Å². The van der Waals surface area contributed by atoms with Gasteiger partial charge in [0.25, 0.3) is 0 Å². The molecule has 0 radical (unpaired) electrons. The summed E-state index contributed by atoms with van der Waals surface area (Å²) in [6.45, 7) is 0. The minimum absolute atomic E-state index is 0.0758. The van der Waals surface area contributed by atoms with Crippen LogP contribution in [-0.2, 0) is 16.6 Å². The molecule has 5 rings (SSSR count). The van der Waals surface area contributed by atoms with Crippen molar-refractivity contribution in [2.24, 2.45) is 5.92 Å². The summed E-state index contributed by atoms with van der Waals surface area (Å²) < 4.78 is 5.74. The predicted molar refractivity (Wildman–Crippen MR) is 77.0 cm³/mol. The zero-order valence-corrected chi connectivity index (χ0v) is 12.5. The van der Waals surface area contributed by atoms with E-state index in [0.29, 0.717) is 18.4 Å². The molecular formula is C17H18O6. The Bertz CT molecular complexity index is 756. The largest absolute Gasteiger partial charge is 0.504 e. The molecule has 1 aromatic carbocycles. The van der Waals surface area contributed by atoms with Crippen LogP contribution >= 0.6 is 0 Å². The van der Waals surface area contributed by atoms with Crippen LogP contribution in [0.3, 0.4) is 0 Å². The van der Waals surface area contributed by atoms with Crippen LogP contribution in [0.25, 0.3) is 0 Å². The number of phenolic OH excluding ortho intramolecular Hbond substituents is 1. The number of carbonyl (C=O) groups is 1. The first-order chi connectivity index (χ1) is 10.8. The third-order valence-electron chi connectivity index (χ3n) is 6.54. The summed E-state index contributed by atoms with van der Waals surface area (Å²) in [6.07, 6.45) is 1.15. The van der Waals surface area contributed by atoms with E-state index in [0.717, 1.165) is 18.4 Å². The van der Waals surface area contributed by atoms with Crippen LogP contribution in [0.4, 0.5) is 0 Å². The third-order valence-corrected chi connectivity index (χ3v) is 6.54. The first-order valence-electron chi connectivity index (χ1n) is 8.05. The van der Waals surface area contributed by atoms with E-state index < -0.39 is 35.1 Å². The lowest BCUT2D eigenvalue weighted by molar-refractivity contribution is -0.260. The normalized spacial score (nSPS) is 42.1. The number of hydrogen-bond acceptors (Lipinski definition) is 6. The van der Waals surface area contributed by atoms with Crippen LogP contribution in [0, 0.1) is 5.92 Å². The Kier molecular flexibility index (Phi) is 2.22. The number of Topliss-reactive ketones (excluding diaryl/α,β-unsaturated/α-hetero) is 1. The van der Waals surface area contributed by atoms with Gasteiger partial charge in [0.2, 0.25) is 11.6 Å². The van der Waals surface area contributed by atoms with Gasteiger partial charge < -0.3 is 25.2 Å². The van der Waals surface area contributed by atoms with Crippen LogP contribution in [0.2, 0.25) is 0 Å². The maximum absolute atomic E-state index is 12.6. The van der Waals surface area contributed by atoms with Crippen molar-refractivity contribution in [3.05, 3.63) is 23.3 Å². The van der Waals surface area contributed by atoms with E-state index in [1.165, 1.54) is 6.07 Å². The van der Waals surface area contributed by atoms with Crippen LogP contribution < -0.4 is 4.74 Å². The minimum Gasteiger partial charge on any atom is -0.504 e. The molecule has 1 spiro atoms. The summed E-state index contributed by atoms with van der Waals surface area (Å²) in [4.78, 5) is 12.6. The Morgan fingerprint density at radius 1 is 1.22 bits per heavy atom. The molecule has 3 aliphatic carbocycles. The van der Waals surface area contributed by atoms with E-state index in [2.05, 4.69) is 0 Å². The lowest BCUT2D eigenvalue weighted by atomic mass is 9.45. The fourth-order valence-corrected chi connectivity index (χ4v) is 5.68. The maximum atomic E-state index is 12.6. The number of ether oxygens (including phenoxy) is 1. The summed E-state index contributed by atoms with van der Waals surface area (Å²) >= 11 is 0. The van der Waals surface area contributed by atoms with Crippen molar-refractivity contribution < 1.29 is 30.0 Å². The van der Waals surface area contributed by atoms with Crippen LogP contribution in [0.5, 0.6) is 11.5 Å². The fourth-order valence-electron chi connectivity index (χ4n) is 5.68. The second kappa shape index (κ2) is 3.71. The number of phenols is 1. The topological polar surface area (TPSA) is 107 Å². The Morgan fingerprint density at radius 3 is 2.78 bits per heavy atom. The number of carbonyl (C=O) groups excluding carboxylic acids is 1. The molecule has 4 N–H and O–H groups in total. The standard InChI is InChI=1S/C17H18O6/c18-10-4-3-8-6-9-2-1-5-15-11(8)12(10)23-14(15)13(19)17(21,22)7-16(9,15)20/h3-4,9,14,18,20-22H,1-2,5-7H2/t9-,14+,15+,16-/m1/s1. The predicted octanol–water partition coefficient (Wildman–Crippen LogP) is 0.132. The number of benzene rings is 1. The van der Waals surface area contributed by atoms with Crippen LogP contribution in [0.15, 0.2) is 12.1 Å². The summed E-state index contributed by atoms with van der Waals surface area (Å²) in [5.41, 5.74) is -0.723. The molecule has 6 heteroatoms. The number of rotatable bonds is 0. The van der Waals surface area contributed by atoms with Crippen molar-refractivity contribution in [1.82, 2.24) is 0 Å². The molecule has 122 valence electrons. The Labute approximate surface area is 132 Å². The van der Waals surface area contributed by atoms with Gasteiger partial charge in [-0.2, -0.15) is 0 Å². The molecule has 4 atom stereocenters. The van der Waals surface area contributed by atoms with E-state index in [-0.39, 0.29) is 17.4 Å². The molecule has 23 heavy (non-hydrogen) atoms. The zero-order chi connectivity index (χ0) is 16.2. The molecule has 2 bridgehead atoms. The summed E-state index contributed by atoms with van der Waals surface area (Å²) in [6, 6.07) is 3.36. The van der Waals surface area contributed by atoms with Gasteiger partial charge in [0.15, 0.2) is 17.6 Å². The van der Waals surface area contributed by atoms with Crippen molar-refractivity contribution in [3.8, 4) is 11.5 Å². The van der Waals surface area contributed by atoms with Gasteiger partial charge in [0.05, 0.1) is 11.0 Å². The van der Waals surface area contributed by atoms with E-state index in [9.17, 15) is 25.2 Å². The molecule has 2 saturated carbocycles. The van der Waals surface area contributed by atoms with Crippen LogP contribution in [-0.4, -0.2) is 43.7 Å². The van der Waals surface area contributed by atoms with Gasteiger partial charge in [0, 0.05) is 12.0 Å². The molecule has 0 saturated heterocycles. The number of hydrogen-bond donors (Lipinski definition) is 4. The van der Waals surface area contributed by atoms with Crippen molar-refractivity contribution >= 4 is 5.78 Å². The van der Waals surface area contributed by atoms with Gasteiger partial charge >= 0.3 is 0 Å². The SMILES string of the molecule is O=C1[C@@H]2Oc3c(O)ccc4c3[C@@]23CCC[C@H](C4)[C@]3(O)CC1(O)O. The number of ketones is 1. The molecule has 1 aromatic rings. The highest BCUT2D eigenvalue weighted by atomic mass is 16.5. The fraction of sp³-hybridized carbons (Fsp3) is 0.588. The van der Waals surface area contributed by atoms with Crippen molar-refractivity contribution in [3.63, 3.8) is 0 Å². The third kappa shape index (κ3) is 1.28. The molecule has 0 amide bonds. The molecule has 6 nitrogen and oxygen atoms in total. The molecule has 0 unspecified atom stereocenters. The van der Waals surface area contributed by atoms with E-state index >= 15 is 0 Å².